The smallest absolute Gasteiger partial charge is 0.240 e. The summed E-state index contributed by atoms with van der Waals surface area (Å²) in [5, 5.41) is 8.63. The molecule has 8 nitrogen and oxygen atoms in total. The van der Waals surface area contributed by atoms with E-state index in [9.17, 15) is 9.59 Å². The van der Waals surface area contributed by atoms with Crippen LogP contribution in [-0.2, 0) is 16.1 Å². The summed E-state index contributed by atoms with van der Waals surface area (Å²) in [6.07, 6.45) is 3.49. The lowest BCUT2D eigenvalue weighted by Gasteiger charge is -2.33. The molecule has 2 N–H and O–H groups in total. The lowest BCUT2D eigenvalue weighted by molar-refractivity contribution is -0.117. The highest BCUT2D eigenvalue weighted by Crippen LogP contribution is 2.20. The number of amides is 2. The van der Waals surface area contributed by atoms with Gasteiger partial charge in [-0.2, -0.15) is 0 Å². The summed E-state index contributed by atoms with van der Waals surface area (Å²) in [4.78, 5) is 36.9. The van der Waals surface area contributed by atoms with Gasteiger partial charge in [-0.1, -0.05) is 0 Å². The standard InChI is InChI=1S/C15H20N6O2S2/c1-11(22)18-15-17-8-12(25-15)9-20-3-5-21(6-4-20)10-13(23)19-14-16-2-7-24-14/h2,7-8H,3-6,9-10H2,1H3,(H,16,19,23)(H,17,18,22). The van der Waals surface area contributed by atoms with E-state index in [-0.39, 0.29) is 11.8 Å². The Labute approximate surface area is 153 Å². The van der Waals surface area contributed by atoms with E-state index in [0.717, 1.165) is 37.6 Å². The van der Waals surface area contributed by atoms with Crippen LogP contribution >= 0.6 is 22.7 Å². The van der Waals surface area contributed by atoms with E-state index in [2.05, 4.69) is 30.4 Å². The second-order valence-electron chi connectivity index (χ2n) is 5.75. The van der Waals surface area contributed by atoms with Crippen molar-refractivity contribution < 1.29 is 9.59 Å². The molecule has 1 aliphatic rings. The van der Waals surface area contributed by atoms with Gasteiger partial charge < -0.3 is 10.6 Å². The van der Waals surface area contributed by atoms with Gasteiger partial charge in [-0.05, 0) is 0 Å². The maximum atomic E-state index is 12.0. The minimum absolute atomic E-state index is 0.0224. The Morgan fingerprint density at radius 1 is 1.12 bits per heavy atom. The first-order valence-electron chi connectivity index (χ1n) is 7.95. The van der Waals surface area contributed by atoms with Crippen molar-refractivity contribution in [3.05, 3.63) is 22.7 Å². The molecule has 2 aromatic heterocycles. The number of hydrogen-bond donors (Lipinski definition) is 2. The number of carbonyl (C=O) groups excluding carboxylic acids is 2. The number of thiazole rings is 2. The second kappa shape index (κ2) is 8.48. The van der Waals surface area contributed by atoms with Crippen molar-refractivity contribution in [2.75, 3.05) is 43.4 Å². The van der Waals surface area contributed by atoms with Gasteiger partial charge in [0.1, 0.15) is 0 Å². The average molecular weight is 380 g/mol. The molecule has 0 atom stereocenters. The van der Waals surface area contributed by atoms with Crippen LogP contribution in [0.2, 0.25) is 0 Å². The third-order valence-electron chi connectivity index (χ3n) is 3.73. The minimum atomic E-state index is -0.106. The molecule has 0 bridgehead atoms. The Kier molecular flexibility index (Phi) is 6.08. The van der Waals surface area contributed by atoms with E-state index in [0.29, 0.717) is 16.8 Å². The van der Waals surface area contributed by atoms with Crippen molar-refractivity contribution in [1.29, 1.82) is 0 Å². The number of nitrogens with zero attached hydrogens (tertiary/aromatic N) is 4. The summed E-state index contributed by atoms with van der Waals surface area (Å²) in [5.74, 6) is -0.128. The maximum Gasteiger partial charge on any atom is 0.240 e. The molecule has 10 heteroatoms. The van der Waals surface area contributed by atoms with E-state index in [4.69, 9.17) is 0 Å². The SMILES string of the molecule is CC(=O)Nc1ncc(CN2CCN(CC(=O)Nc3nccs3)CC2)s1. The maximum absolute atomic E-state index is 12.0. The van der Waals surface area contributed by atoms with E-state index < -0.39 is 0 Å². The molecule has 3 rings (SSSR count). The van der Waals surface area contributed by atoms with Gasteiger partial charge in [0, 0.05) is 62.3 Å². The van der Waals surface area contributed by atoms with Gasteiger partial charge in [0.25, 0.3) is 0 Å². The second-order valence-corrected chi connectivity index (χ2v) is 7.76. The number of rotatable bonds is 6. The Hall–Kier alpha value is -1.88. The predicted molar refractivity (Wildman–Crippen MR) is 98.9 cm³/mol. The first-order chi connectivity index (χ1) is 12.1. The Morgan fingerprint density at radius 2 is 1.88 bits per heavy atom. The molecule has 134 valence electrons. The van der Waals surface area contributed by atoms with E-state index in [1.165, 1.54) is 29.6 Å². The third-order valence-corrected chi connectivity index (χ3v) is 5.31. The van der Waals surface area contributed by atoms with Crippen molar-refractivity contribution in [3.63, 3.8) is 0 Å². The molecule has 0 saturated carbocycles. The average Bonchev–Trinajstić information content (AvgIpc) is 3.21. The van der Waals surface area contributed by atoms with Crippen molar-refractivity contribution >= 4 is 44.8 Å². The van der Waals surface area contributed by atoms with Gasteiger partial charge in [-0.25, -0.2) is 9.97 Å². The van der Waals surface area contributed by atoms with Crippen molar-refractivity contribution in [2.45, 2.75) is 13.5 Å². The van der Waals surface area contributed by atoms with E-state index in [1.54, 1.807) is 6.20 Å². The van der Waals surface area contributed by atoms with Crippen LogP contribution in [0, 0.1) is 0 Å². The normalized spacial score (nSPS) is 15.9. The zero-order valence-electron chi connectivity index (χ0n) is 13.9. The number of aromatic nitrogens is 2. The van der Waals surface area contributed by atoms with Crippen LogP contribution in [-0.4, -0.2) is 64.3 Å². The Balaban J connectivity index is 1.40. The molecule has 1 saturated heterocycles. The summed E-state index contributed by atoms with van der Waals surface area (Å²) in [6.45, 7) is 6.18. The molecule has 0 aliphatic carbocycles. The number of nitrogens with one attached hydrogen (secondary N) is 2. The van der Waals surface area contributed by atoms with E-state index >= 15 is 0 Å². The molecular weight excluding hydrogens is 360 g/mol. The first kappa shape index (κ1) is 17.9. The molecule has 1 aliphatic heterocycles. The highest BCUT2D eigenvalue weighted by atomic mass is 32.1. The molecule has 0 aromatic carbocycles. The highest BCUT2D eigenvalue weighted by molar-refractivity contribution is 7.15. The number of hydrogen-bond acceptors (Lipinski definition) is 8. The highest BCUT2D eigenvalue weighted by Gasteiger charge is 2.20. The lowest BCUT2D eigenvalue weighted by Crippen LogP contribution is -2.48. The quantitative estimate of drug-likeness (QED) is 0.785. The molecule has 0 radical (unpaired) electrons. The number of anilines is 2. The molecule has 0 spiro atoms. The number of carbonyl (C=O) groups is 2. The van der Waals surface area contributed by atoms with Crippen molar-refractivity contribution in [1.82, 2.24) is 19.8 Å². The van der Waals surface area contributed by atoms with Gasteiger partial charge >= 0.3 is 0 Å². The fourth-order valence-corrected chi connectivity index (χ4v) is 4.01. The van der Waals surface area contributed by atoms with Crippen LogP contribution in [0.5, 0.6) is 0 Å². The zero-order valence-corrected chi connectivity index (χ0v) is 15.5. The van der Waals surface area contributed by atoms with Crippen LogP contribution in [0.3, 0.4) is 0 Å². The lowest BCUT2D eigenvalue weighted by atomic mass is 10.3. The molecule has 2 aromatic rings. The summed E-state index contributed by atoms with van der Waals surface area (Å²) < 4.78 is 0. The summed E-state index contributed by atoms with van der Waals surface area (Å²) in [6, 6.07) is 0. The van der Waals surface area contributed by atoms with Gasteiger partial charge in [0.2, 0.25) is 11.8 Å². The summed E-state index contributed by atoms with van der Waals surface area (Å²) in [5.41, 5.74) is 0. The Bertz CT molecular complexity index is 709. The van der Waals surface area contributed by atoms with Crippen molar-refractivity contribution in [3.8, 4) is 0 Å². The predicted octanol–water partition coefficient (Wildman–Crippen LogP) is 1.31. The molecular formula is C15H20N6O2S2. The van der Waals surface area contributed by atoms with Crippen LogP contribution in [0.25, 0.3) is 0 Å². The summed E-state index contributed by atoms with van der Waals surface area (Å²) >= 11 is 2.92. The van der Waals surface area contributed by atoms with Gasteiger partial charge in [0.15, 0.2) is 10.3 Å². The van der Waals surface area contributed by atoms with Crippen LogP contribution < -0.4 is 10.6 Å². The van der Waals surface area contributed by atoms with Crippen molar-refractivity contribution in [2.24, 2.45) is 0 Å². The van der Waals surface area contributed by atoms with Gasteiger partial charge in [-0.15, -0.1) is 22.7 Å². The van der Waals surface area contributed by atoms with Crippen LogP contribution in [0.4, 0.5) is 10.3 Å². The summed E-state index contributed by atoms with van der Waals surface area (Å²) in [7, 11) is 0. The Morgan fingerprint density at radius 3 is 2.56 bits per heavy atom. The molecule has 3 heterocycles. The molecule has 1 fully saturated rings. The van der Waals surface area contributed by atoms with Crippen LogP contribution in [0.1, 0.15) is 11.8 Å². The topological polar surface area (TPSA) is 90.5 Å². The minimum Gasteiger partial charge on any atom is -0.302 e. The molecule has 0 unspecified atom stereocenters. The number of piperazine rings is 1. The fourth-order valence-electron chi connectivity index (χ4n) is 2.56. The monoisotopic (exact) mass is 380 g/mol. The van der Waals surface area contributed by atoms with Gasteiger partial charge in [-0.3, -0.25) is 19.4 Å². The third kappa shape index (κ3) is 5.56. The first-order valence-corrected chi connectivity index (χ1v) is 9.64. The molecule has 25 heavy (non-hydrogen) atoms. The zero-order chi connectivity index (χ0) is 17.6. The van der Waals surface area contributed by atoms with E-state index in [1.807, 2.05) is 11.6 Å². The van der Waals surface area contributed by atoms with Gasteiger partial charge in [0.05, 0.1) is 6.54 Å². The van der Waals surface area contributed by atoms with Crippen LogP contribution in [0.15, 0.2) is 17.8 Å². The largest absolute Gasteiger partial charge is 0.302 e. The fraction of sp³-hybridized carbons (Fsp3) is 0.467. The molecule has 2 amide bonds.